The van der Waals surface area contributed by atoms with Crippen LogP contribution in [-0.4, -0.2) is 41.1 Å². The molecule has 0 rings (SSSR count). The Hall–Kier alpha value is 1.41. The van der Waals surface area contributed by atoms with Gasteiger partial charge in [0, 0.05) is 24.8 Å². The average molecular weight is 275 g/mol. The fraction of sp³-hybridized carbons (Fsp3) is 1.00. The van der Waals surface area contributed by atoms with Gasteiger partial charge in [0.25, 0.3) is 0 Å². The first-order chi connectivity index (χ1) is 5.54. The minimum absolute atomic E-state index is 0.688. The van der Waals surface area contributed by atoms with Gasteiger partial charge >= 0.3 is 0 Å². The van der Waals surface area contributed by atoms with Crippen molar-refractivity contribution >= 4 is 58.0 Å². The molecule has 0 aliphatic rings. The summed E-state index contributed by atoms with van der Waals surface area (Å²) < 4.78 is -0.750. The second kappa shape index (κ2) is 12.4. The molecule has 6 heteroatoms. The first-order valence-electron chi connectivity index (χ1n) is 3.27. The van der Waals surface area contributed by atoms with Crippen molar-refractivity contribution in [2.45, 2.75) is 4.30 Å². The van der Waals surface area contributed by atoms with Gasteiger partial charge in [0.1, 0.15) is 0 Å². The molecule has 0 saturated heterocycles. The topological polar surface area (TPSA) is 3.24 Å². The third-order valence-corrected chi connectivity index (χ3v) is 1.27. The van der Waals surface area contributed by atoms with E-state index < -0.39 is 4.30 Å². The van der Waals surface area contributed by atoms with Crippen LogP contribution in [-0.2, 0) is 0 Å². The van der Waals surface area contributed by atoms with Gasteiger partial charge in [-0.1, -0.05) is 34.8 Å². The SMILES string of the molecule is CN(CCCl)CCCl.ClC(Cl)Cl. The van der Waals surface area contributed by atoms with E-state index in [0.29, 0.717) is 11.8 Å². The lowest BCUT2D eigenvalue weighted by Crippen LogP contribution is -2.22. The summed E-state index contributed by atoms with van der Waals surface area (Å²) in [4.78, 5) is 2.10. The third kappa shape index (κ3) is 22.5. The highest BCUT2D eigenvalue weighted by atomic mass is 35.6. The number of rotatable bonds is 4. The van der Waals surface area contributed by atoms with Crippen molar-refractivity contribution in [3.8, 4) is 0 Å². The van der Waals surface area contributed by atoms with Gasteiger partial charge in [-0.2, -0.15) is 0 Å². The van der Waals surface area contributed by atoms with Crippen molar-refractivity contribution in [3.63, 3.8) is 0 Å². The fourth-order valence-corrected chi connectivity index (χ4v) is 0.977. The summed E-state index contributed by atoms with van der Waals surface area (Å²) in [6.45, 7) is 1.85. The second-order valence-corrected chi connectivity index (χ2v) is 4.66. The van der Waals surface area contributed by atoms with Crippen LogP contribution in [0.4, 0.5) is 0 Å². The molecular weight excluding hydrogens is 263 g/mol. The summed E-state index contributed by atoms with van der Waals surface area (Å²) >= 11 is 25.3. The number of halogens is 5. The lowest BCUT2D eigenvalue weighted by atomic mass is 10.6. The van der Waals surface area contributed by atoms with Gasteiger partial charge in [-0.15, -0.1) is 23.2 Å². The van der Waals surface area contributed by atoms with Crippen molar-refractivity contribution in [3.05, 3.63) is 0 Å². The van der Waals surface area contributed by atoms with Gasteiger partial charge < -0.3 is 4.90 Å². The largest absolute Gasteiger partial charge is 0.304 e. The standard InChI is InChI=1S/C5H11Cl2N.CHCl3/c1-8(4-2-6)5-3-7;2-1(3)4/h2-5H2,1H3;1H. The monoisotopic (exact) mass is 273 g/mol. The van der Waals surface area contributed by atoms with Crippen LogP contribution in [0, 0.1) is 0 Å². The Labute approximate surface area is 98.8 Å². The third-order valence-electron chi connectivity index (χ3n) is 0.932. The minimum atomic E-state index is -0.750. The smallest absolute Gasteiger partial charge is 0.180 e. The van der Waals surface area contributed by atoms with Crippen molar-refractivity contribution in [1.82, 2.24) is 4.90 Å². The summed E-state index contributed by atoms with van der Waals surface area (Å²) in [5.74, 6) is 1.38. The lowest BCUT2D eigenvalue weighted by Gasteiger charge is -2.11. The van der Waals surface area contributed by atoms with E-state index >= 15 is 0 Å². The van der Waals surface area contributed by atoms with Gasteiger partial charge in [-0.3, -0.25) is 0 Å². The molecule has 0 N–H and O–H groups in total. The van der Waals surface area contributed by atoms with Crippen molar-refractivity contribution < 1.29 is 0 Å². The van der Waals surface area contributed by atoms with E-state index in [2.05, 4.69) is 4.90 Å². The first-order valence-corrected chi connectivity index (χ1v) is 5.65. The highest BCUT2D eigenvalue weighted by molar-refractivity contribution is 6.63. The van der Waals surface area contributed by atoms with Crippen LogP contribution in [0.1, 0.15) is 0 Å². The predicted molar refractivity (Wildman–Crippen MR) is 60.3 cm³/mol. The van der Waals surface area contributed by atoms with E-state index in [4.69, 9.17) is 58.0 Å². The normalized spacial score (nSPS) is 10.0. The molecule has 0 spiro atoms. The van der Waals surface area contributed by atoms with Crippen molar-refractivity contribution in [1.29, 1.82) is 0 Å². The lowest BCUT2D eigenvalue weighted by molar-refractivity contribution is 0.378. The molecule has 0 amide bonds. The fourth-order valence-electron chi connectivity index (χ4n) is 0.400. The zero-order valence-corrected chi connectivity index (χ0v) is 10.5. The summed E-state index contributed by atoms with van der Waals surface area (Å²) in [6, 6.07) is 0. The van der Waals surface area contributed by atoms with E-state index in [1.807, 2.05) is 7.05 Å². The van der Waals surface area contributed by atoms with Crippen LogP contribution in [0.5, 0.6) is 0 Å². The van der Waals surface area contributed by atoms with E-state index in [0.717, 1.165) is 13.1 Å². The molecule has 0 unspecified atom stereocenters. The zero-order chi connectivity index (χ0) is 9.98. The van der Waals surface area contributed by atoms with Crippen LogP contribution < -0.4 is 0 Å². The van der Waals surface area contributed by atoms with E-state index in [1.165, 1.54) is 0 Å². The van der Waals surface area contributed by atoms with Gasteiger partial charge in [-0.05, 0) is 7.05 Å². The van der Waals surface area contributed by atoms with Crippen LogP contribution in [0.15, 0.2) is 0 Å². The van der Waals surface area contributed by atoms with E-state index in [9.17, 15) is 0 Å². The van der Waals surface area contributed by atoms with Crippen LogP contribution in [0.25, 0.3) is 0 Å². The summed E-state index contributed by atoms with van der Waals surface area (Å²) in [7, 11) is 2.00. The molecule has 0 bridgehead atoms. The Balaban J connectivity index is 0. The molecule has 76 valence electrons. The molecular formula is C6H12Cl5N. The first kappa shape index (κ1) is 15.9. The van der Waals surface area contributed by atoms with Crippen LogP contribution in [0.2, 0.25) is 0 Å². The number of alkyl halides is 5. The molecule has 0 aromatic heterocycles. The maximum Gasteiger partial charge on any atom is 0.180 e. The highest BCUT2D eigenvalue weighted by Gasteiger charge is 1.92. The molecule has 0 aliphatic heterocycles. The Morgan fingerprint density at radius 3 is 1.42 bits per heavy atom. The second-order valence-electron chi connectivity index (χ2n) is 1.93. The average Bonchev–Trinajstić information content (AvgIpc) is 1.87. The van der Waals surface area contributed by atoms with Gasteiger partial charge in [-0.25, -0.2) is 0 Å². The summed E-state index contributed by atoms with van der Waals surface area (Å²) in [5, 5.41) is 0. The molecule has 0 aromatic carbocycles. The molecule has 0 fully saturated rings. The Kier molecular flexibility index (Phi) is 16.4. The number of hydrogen-bond donors (Lipinski definition) is 0. The number of nitrogens with zero attached hydrogens (tertiary/aromatic N) is 1. The maximum atomic E-state index is 5.45. The van der Waals surface area contributed by atoms with E-state index in [-0.39, 0.29) is 0 Å². The molecule has 0 heterocycles. The predicted octanol–water partition coefficient (Wildman–Crippen LogP) is 3.38. The summed E-state index contributed by atoms with van der Waals surface area (Å²) in [6.07, 6.45) is 0. The highest BCUT2D eigenvalue weighted by Crippen LogP contribution is 2.03. The quantitative estimate of drug-likeness (QED) is 0.711. The summed E-state index contributed by atoms with van der Waals surface area (Å²) in [5.41, 5.74) is 0. The molecule has 12 heavy (non-hydrogen) atoms. The molecule has 0 aliphatic carbocycles. The maximum absolute atomic E-state index is 5.45. The Morgan fingerprint density at radius 1 is 1.00 bits per heavy atom. The minimum Gasteiger partial charge on any atom is -0.304 e. The molecule has 0 atom stereocenters. The van der Waals surface area contributed by atoms with Gasteiger partial charge in [0.05, 0.1) is 0 Å². The molecule has 0 saturated carbocycles. The number of hydrogen-bond acceptors (Lipinski definition) is 1. The van der Waals surface area contributed by atoms with Crippen LogP contribution in [0.3, 0.4) is 0 Å². The zero-order valence-electron chi connectivity index (χ0n) is 6.74. The van der Waals surface area contributed by atoms with Crippen molar-refractivity contribution in [2.24, 2.45) is 0 Å². The van der Waals surface area contributed by atoms with Crippen molar-refractivity contribution in [2.75, 3.05) is 31.9 Å². The molecule has 1 nitrogen and oxygen atoms in total. The van der Waals surface area contributed by atoms with Gasteiger partial charge in [0.15, 0.2) is 4.30 Å². The molecule has 0 radical (unpaired) electrons. The van der Waals surface area contributed by atoms with E-state index in [1.54, 1.807) is 0 Å². The van der Waals surface area contributed by atoms with Crippen LogP contribution >= 0.6 is 58.0 Å². The molecule has 0 aromatic rings. The Morgan fingerprint density at radius 2 is 1.25 bits per heavy atom. The van der Waals surface area contributed by atoms with Gasteiger partial charge in [0.2, 0.25) is 0 Å². The Bertz CT molecular complexity index is 71.6.